The number of benzene rings is 3. The Kier molecular flexibility index (Phi) is 6.88. The van der Waals surface area contributed by atoms with E-state index >= 15 is 4.39 Å². The Bertz CT molecular complexity index is 1870. The van der Waals surface area contributed by atoms with Gasteiger partial charge in [0, 0.05) is 35.1 Å². The number of ether oxygens (including phenoxy) is 1. The van der Waals surface area contributed by atoms with Crippen LogP contribution in [0.25, 0.3) is 28.2 Å². The molecule has 8 nitrogen and oxygen atoms in total. The lowest BCUT2D eigenvalue weighted by molar-refractivity contribution is -0.303. The van der Waals surface area contributed by atoms with E-state index in [2.05, 4.69) is 14.7 Å². The van der Waals surface area contributed by atoms with Crippen LogP contribution in [0.2, 0.25) is 0 Å². The summed E-state index contributed by atoms with van der Waals surface area (Å²) in [5, 5.41) is 15.2. The fraction of sp³-hybridized carbons (Fsp3) is 0.273. The van der Waals surface area contributed by atoms with Crippen molar-refractivity contribution in [2.75, 3.05) is 0 Å². The molecule has 0 saturated heterocycles. The quantitative estimate of drug-likeness (QED) is 0.248. The first kappa shape index (κ1) is 27.4. The summed E-state index contributed by atoms with van der Waals surface area (Å²) >= 11 is 0. The van der Waals surface area contributed by atoms with Gasteiger partial charge in [0.2, 0.25) is 0 Å². The van der Waals surface area contributed by atoms with Gasteiger partial charge < -0.3 is 14.4 Å². The molecule has 0 amide bonds. The van der Waals surface area contributed by atoms with E-state index in [-0.39, 0.29) is 23.4 Å². The molecule has 5 aromatic rings. The van der Waals surface area contributed by atoms with Crippen molar-refractivity contribution in [3.63, 3.8) is 0 Å². The SMILES string of the molecule is CCCc1nc(C)n(-c2ccc3c(c2)CC(C)(C)O3)c(=O)c1Cc1ccc(-c2ccccc2-c2noc([O-])n2)c(F)c1. The highest BCUT2D eigenvalue weighted by molar-refractivity contribution is 5.80. The molecule has 0 atom stereocenters. The van der Waals surface area contributed by atoms with Crippen molar-refractivity contribution in [3.05, 3.63) is 105 Å². The molecule has 3 aromatic carbocycles. The van der Waals surface area contributed by atoms with Gasteiger partial charge in [0.15, 0.2) is 11.9 Å². The maximum Gasteiger partial charge on any atom is 0.261 e. The second kappa shape index (κ2) is 10.6. The zero-order valence-electron chi connectivity index (χ0n) is 23.9. The number of hydrogen-bond acceptors (Lipinski definition) is 7. The zero-order valence-corrected chi connectivity index (χ0v) is 23.9. The smallest absolute Gasteiger partial charge is 0.261 e. The Hall–Kier alpha value is -4.79. The van der Waals surface area contributed by atoms with E-state index in [0.717, 1.165) is 35.5 Å². The highest BCUT2D eigenvalue weighted by Crippen LogP contribution is 2.36. The van der Waals surface area contributed by atoms with Crippen molar-refractivity contribution < 1.29 is 18.8 Å². The fourth-order valence-corrected chi connectivity index (χ4v) is 5.70. The molecule has 42 heavy (non-hydrogen) atoms. The van der Waals surface area contributed by atoms with Gasteiger partial charge in [0.05, 0.1) is 11.4 Å². The average molecular weight is 566 g/mol. The molecule has 9 heteroatoms. The normalized spacial score (nSPS) is 13.6. The molecule has 0 N–H and O–H groups in total. The minimum Gasteiger partial charge on any atom is -0.528 e. The van der Waals surface area contributed by atoms with Crippen LogP contribution >= 0.6 is 0 Å². The van der Waals surface area contributed by atoms with E-state index in [1.54, 1.807) is 41.0 Å². The predicted octanol–water partition coefficient (Wildman–Crippen LogP) is 5.73. The van der Waals surface area contributed by atoms with Crippen LogP contribution in [0.4, 0.5) is 4.39 Å². The topological polar surface area (TPSA) is 106 Å². The van der Waals surface area contributed by atoms with Gasteiger partial charge in [-0.15, -0.1) is 0 Å². The van der Waals surface area contributed by atoms with E-state index in [9.17, 15) is 9.90 Å². The summed E-state index contributed by atoms with van der Waals surface area (Å²) in [5.41, 5.74) is 4.56. The van der Waals surface area contributed by atoms with Crippen molar-refractivity contribution in [3.8, 4) is 40.0 Å². The van der Waals surface area contributed by atoms with Gasteiger partial charge in [-0.25, -0.2) is 14.4 Å². The minimum absolute atomic E-state index is 0.0937. The molecule has 6 rings (SSSR count). The summed E-state index contributed by atoms with van der Waals surface area (Å²) in [5.74, 6) is 1.06. The third kappa shape index (κ3) is 5.06. The summed E-state index contributed by atoms with van der Waals surface area (Å²) in [6, 6.07) is 17.7. The summed E-state index contributed by atoms with van der Waals surface area (Å²) in [6.07, 6.45) is 1.62. The van der Waals surface area contributed by atoms with Gasteiger partial charge in [-0.1, -0.05) is 49.7 Å². The number of aromatic nitrogens is 4. The molecule has 3 heterocycles. The number of hydrogen-bond donors (Lipinski definition) is 0. The van der Waals surface area contributed by atoms with Crippen LogP contribution < -0.4 is 15.4 Å². The van der Waals surface area contributed by atoms with E-state index < -0.39 is 11.9 Å². The van der Waals surface area contributed by atoms with Crippen LogP contribution in [0.3, 0.4) is 0 Å². The van der Waals surface area contributed by atoms with Crippen molar-refractivity contribution in [2.45, 2.75) is 59.0 Å². The molecule has 0 saturated carbocycles. The van der Waals surface area contributed by atoms with Gasteiger partial charge in [-0.3, -0.25) is 9.36 Å². The molecule has 0 radical (unpaired) electrons. The lowest BCUT2D eigenvalue weighted by atomic mass is 9.95. The molecular formula is C33H30FN4O4-. The first-order chi connectivity index (χ1) is 20.1. The summed E-state index contributed by atoms with van der Waals surface area (Å²) in [6.45, 7) is 7.96. The van der Waals surface area contributed by atoms with Gasteiger partial charge in [0.25, 0.3) is 5.56 Å². The van der Waals surface area contributed by atoms with Crippen LogP contribution in [0.15, 0.2) is 70.0 Å². The monoisotopic (exact) mass is 565 g/mol. The first-order valence-electron chi connectivity index (χ1n) is 14.0. The van der Waals surface area contributed by atoms with Crippen LogP contribution in [0.1, 0.15) is 55.4 Å². The maximum atomic E-state index is 15.7. The Labute approximate surface area is 242 Å². The largest absolute Gasteiger partial charge is 0.528 e. The van der Waals surface area contributed by atoms with Crippen LogP contribution in [-0.4, -0.2) is 25.3 Å². The lowest BCUT2D eigenvalue weighted by Gasteiger charge is -2.17. The standard InChI is InChI=1S/C33H31FN4O4/c1-5-8-28-26(31(39)38(19(2)35-28)22-12-14-29-21(17-22)18-33(3,4)41-29)15-20-11-13-24(27(34)16-20)23-9-6-7-10-25(23)30-36-32(40)42-37-30/h6-7,9-14,16-17H,5,8,15,18H2,1-4H3,(H,36,37,40)/p-1. The lowest BCUT2D eigenvalue weighted by Crippen LogP contribution is -2.28. The fourth-order valence-electron chi connectivity index (χ4n) is 5.70. The van der Waals surface area contributed by atoms with Crippen molar-refractivity contribution >= 4 is 0 Å². The van der Waals surface area contributed by atoms with Crippen LogP contribution in [0.5, 0.6) is 11.8 Å². The maximum absolute atomic E-state index is 15.7. The molecule has 1 aliphatic heterocycles. The van der Waals surface area contributed by atoms with Gasteiger partial charge >= 0.3 is 0 Å². The summed E-state index contributed by atoms with van der Waals surface area (Å²) in [7, 11) is 0. The molecule has 0 spiro atoms. The summed E-state index contributed by atoms with van der Waals surface area (Å²) in [4.78, 5) is 22.7. The van der Waals surface area contributed by atoms with Gasteiger partial charge in [-0.05, 0) is 62.6 Å². The van der Waals surface area contributed by atoms with Gasteiger partial charge in [-0.2, -0.15) is 5.16 Å². The second-order valence-electron chi connectivity index (χ2n) is 11.2. The number of rotatable bonds is 7. The zero-order chi connectivity index (χ0) is 29.6. The van der Waals surface area contributed by atoms with E-state index in [1.807, 2.05) is 45.9 Å². The Morgan fingerprint density at radius 1 is 1.02 bits per heavy atom. The molecule has 0 unspecified atom stereocenters. The van der Waals surface area contributed by atoms with E-state index in [4.69, 9.17) is 9.72 Å². The molecule has 214 valence electrons. The minimum atomic E-state index is -0.812. The molecular weight excluding hydrogens is 535 g/mol. The first-order valence-corrected chi connectivity index (χ1v) is 14.0. The third-order valence-corrected chi connectivity index (χ3v) is 7.50. The number of aryl methyl sites for hydroxylation is 2. The summed E-state index contributed by atoms with van der Waals surface area (Å²) < 4.78 is 27.9. The van der Waals surface area contributed by atoms with E-state index in [1.165, 1.54) is 6.07 Å². The molecule has 0 aliphatic carbocycles. The van der Waals surface area contributed by atoms with E-state index in [0.29, 0.717) is 40.1 Å². The molecule has 0 bridgehead atoms. The Morgan fingerprint density at radius 3 is 2.52 bits per heavy atom. The molecule has 2 aromatic heterocycles. The highest BCUT2D eigenvalue weighted by Gasteiger charge is 2.30. The van der Waals surface area contributed by atoms with Crippen molar-refractivity contribution in [1.29, 1.82) is 0 Å². The Morgan fingerprint density at radius 2 is 1.81 bits per heavy atom. The second-order valence-corrected chi connectivity index (χ2v) is 11.2. The molecule has 1 aliphatic rings. The van der Waals surface area contributed by atoms with Crippen LogP contribution in [0, 0.1) is 12.7 Å². The number of nitrogens with zero attached hydrogens (tertiary/aromatic N) is 4. The van der Waals surface area contributed by atoms with Gasteiger partial charge in [0.1, 0.15) is 23.0 Å². The highest BCUT2D eigenvalue weighted by atomic mass is 19.1. The van der Waals surface area contributed by atoms with Crippen molar-refractivity contribution in [1.82, 2.24) is 19.7 Å². The predicted molar refractivity (Wildman–Crippen MR) is 154 cm³/mol. The van der Waals surface area contributed by atoms with Crippen molar-refractivity contribution in [2.24, 2.45) is 0 Å². The number of fused-ring (bicyclic) bond motifs is 1. The third-order valence-electron chi connectivity index (χ3n) is 7.50. The number of halogens is 1. The molecule has 0 fully saturated rings. The average Bonchev–Trinajstić information content (AvgIpc) is 3.51. The van der Waals surface area contributed by atoms with Crippen LogP contribution in [-0.2, 0) is 19.3 Å². The Balaban J connectivity index is 1.38.